The van der Waals surface area contributed by atoms with E-state index in [9.17, 15) is 0 Å². The number of hydrogen-bond donors (Lipinski definition) is 1. The van der Waals surface area contributed by atoms with Crippen LogP contribution in [0.25, 0.3) is 0 Å². The van der Waals surface area contributed by atoms with Crippen molar-refractivity contribution in [3.8, 4) is 0 Å². The summed E-state index contributed by atoms with van der Waals surface area (Å²) < 4.78 is 0. The Labute approximate surface area is 96.1 Å². The molecule has 1 aromatic heterocycles. The molecule has 0 bridgehead atoms. The summed E-state index contributed by atoms with van der Waals surface area (Å²) in [7, 11) is 2.19. The third kappa shape index (κ3) is 2.60. The second kappa shape index (κ2) is 4.64. The topological polar surface area (TPSA) is 29.3 Å². The van der Waals surface area contributed by atoms with Gasteiger partial charge in [0.15, 0.2) is 0 Å². The molecule has 1 aliphatic rings. The summed E-state index contributed by atoms with van der Waals surface area (Å²) >= 11 is 1.75. The molecule has 0 aromatic carbocycles. The zero-order chi connectivity index (χ0) is 10.8. The van der Waals surface area contributed by atoms with Gasteiger partial charge in [-0.1, -0.05) is 6.92 Å². The maximum atomic E-state index is 5.86. The number of thiophene rings is 1. The Morgan fingerprint density at radius 3 is 2.87 bits per heavy atom. The average Bonchev–Trinajstić information content (AvgIpc) is 2.70. The molecule has 84 valence electrons. The Balaban J connectivity index is 1.94. The highest BCUT2D eigenvalue weighted by atomic mass is 32.1. The highest BCUT2D eigenvalue weighted by molar-refractivity contribution is 7.07. The summed E-state index contributed by atoms with van der Waals surface area (Å²) in [5, 5.41) is 4.34. The van der Waals surface area contributed by atoms with Crippen LogP contribution in [0.3, 0.4) is 0 Å². The van der Waals surface area contributed by atoms with Crippen LogP contribution in [-0.4, -0.2) is 25.0 Å². The van der Waals surface area contributed by atoms with Crippen molar-refractivity contribution in [3.05, 3.63) is 22.4 Å². The fourth-order valence-corrected chi connectivity index (χ4v) is 2.89. The number of nitrogens with two attached hydrogens (primary N) is 1. The van der Waals surface area contributed by atoms with E-state index < -0.39 is 0 Å². The van der Waals surface area contributed by atoms with E-state index in [-0.39, 0.29) is 0 Å². The molecular weight excluding hydrogens is 204 g/mol. The van der Waals surface area contributed by atoms with Crippen molar-refractivity contribution < 1.29 is 0 Å². The molecule has 1 fully saturated rings. The third-order valence-electron chi connectivity index (χ3n) is 3.48. The maximum Gasteiger partial charge on any atom is 0.0475 e. The fourth-order valence-electron chi connectivity index (χ4n) is 2.19. The molecule has 0 spiro atoms. The van der Waals surface area contributed by atoms with E-state index in [4.69, 9.17) is 5.73 Å². The standard InChI is InChI=1S/C12H20N2S/c1-9-5-11(9)7-14(2)12(6-13)10-3-4-15-8-10/h3-4,8-9,11-12H,5-7,13H2,1-2H3. The summed E-state index contributed by atoms with van der Waals surface area (Å²) in [6.07, 6.45) is 1.39. The molecule has 1 saturated carbocycles. The van der Waals surface area contributed by atoms with Gasteiger partial charge in [0.1, 0.15) is 0 Å². The second-order valence-electron chi connectivity index (χ2n) is 4.72. The molecule has 3 heteroatoms. The first-order chi connectivity index (χ1) is 7.22. The number of hydrogen-bond acceptors (Lipinski definition) is 3. The largest absolute Gasteiger partial charge is 0.329 e. The quantitative estimate of drug-likeness (QED) is 0.832. The molecule has 2 N–H and O–H groups in total. The Morgan fingerprint density at radius 1 is 1.67 bits per heavy atom. The molecule has 0 amide bonds. The maximum absolute atomic E-state index is 5.86. The molecule has 15 heavy (non-hydrogen) atoms. The lowest BCUT2D eigenvalue weighted by atomic mass is 10.1. The SMILES string of the molecule is CC1CC1CN(C)C(CN)c1ccsc1. The van der Waals surface area contributed by atoms with Crippen LogP contribution in [0.15, 0.2) is 16.8 Å². The molecule has 2 rings (SSSR count). The summed E-state index contributed by atoms with van der Waals surface area (Å²) in [6, 6.07) is 2.60. The molecule has 1 heterocycles. The minimum Gasteiger partial charge on any atom is -0.329 e. The average molecular weight is 224 g/mol. The van der Waals surface area contributed by atoms with Crippen LogP contribution in [0.1, 0.15) is 24.9 Å². The van der Waals surface area contributed by atoms with Crippen LogP contribution in [0.5, 0.6) is 0 Å². The highest BCUT2D eigenvalue weighted by Crippen LogP contribution is 2.39. The van der Waals surface area contributed by atoms with Crippen molar-refractivity contribution in [2.45, 2.75) is 19.4 Å². The predicted molar refractivity (Wildman–Crippen MR) is 66.0 cm³/mol. The molecular formula is C12H20N2S. The van der Waals surface area contributed by atoms with Gasteiger partial charge in [0.05, 0.1) is 0 Å². The van der Waals surface area contributed by atoms with Gasteiger partial charge in [-0.05, 0) is 47.7 Å². The highest BCUT2D eigenvalue weighted by Gasteiger charge is 2.34. The van der Waals surface area contributed by atoms with Crippen LogP contribution in [0, 0.1) is 11.8 Å². The first-order valence-electron chi connectivity index (χ1n) is 5.64. The van der Waals surface area contributed by atoms with Crippen LogP contribution < -0.4 is 5.73 Å². The van der Waals surface area contributed by atoms with Crippen LogP contribution in [0.2, 0.25) is 0 Å². The second-order valence-corrected chi connectivity index (χ2v) is 5.50. The number of likely N-dealkylation sites (N-methyl/N-ethyl adjacent to an activating group) is 1. The Bertz CT molecular complexity index is 297. The fraction of sp³-hybridized carbons (Fsp3) is 0.667. The summed E-state index contributed by atoms with van der Waals surface area (Å²) in [6.45, 7) is 4.24. The van der Waals surface area contributed by atoms with Crippen LogP contribution >= 0.6 is 11.3 Å². The Kier molecular flexibility index (Phi) is 3.44. The van der Waals surface area contributed by atoms with Crippen molar-refractivity contribution in [1.29, 1.82) is 0 Å². The zero-order valence-electron chi connectivity index (χ0n) is 9.52. The summed E-state index contributed by atoms with van der Waals surface area (Å²) in [4.78, 5) is 2.41. The van der Waals surface area contributed by atoms with Gasteiger partial charge in [-0.2, -0.15) is 11.3 Å². The van der Waals surface area contributed by atoms with Gasteiger partial charge in [0.25, 0.3) is 0 Å². The lowest BCUT2D eigenvalue weighted by Crippen LogP contribution is -2.32. The van der Waals surface area contributed by atoms with Crippen molar-refractivity contribution >= 4 is 11.3 Å². The Morgan fingerprint density at radius 2 is 2.40 bits per heavy atom. The summed E-state index contributed by atoms with van der Waals surface area (Å²) in [5.41, 5.74) is 7.23. The van der Waals surface area contributed by atoms with E-state index in [1.54, 1.807) is 11.3 Å². The van der Waals surface area contributed by atoms with Gasteiger partial charge in [-0.15, -0.1) is 0 Å². The minimum absolute atomic E-state index is 0.407. The molecule has 3 atom stereocenters. The Hall–Kier alpha value is -0.380. The van der Waals surface area contributed by atoms with Gasteiger partial charge in [0.2, 0.25) is 0 Å². The van der Waals surface area contributed by atoms with Gasteiger partial charge >= 0.3 is 0 Å². The van der Waals surface area contributed by atoms with Crippen molar-refractivity contribution in [3.63, 3.8) is 0 Å². The number of nitrogens with zero attached hydrogens (tertiary/aromatic N) is 1. The minimum atomic E-state index is 0.407. The monoisotopic (exact) mass is 224 g/mol. The molecule has 2 nitrogen and oxygen atoms in total. The lowest BCUT2D eigenvalue weighted by molar-refractivity contribution is 0.237. The van der Waals surface area contributed by atoms with E-state index in [1.807, 2.05) is 0 Å². The lowest BCUT2D eigenvalue weighted by Gasteiger charge is -2.26. The third-order valence-corrected chi connectivity index (χ3v) is 4.18. The van der Waals surface area contributed by atoms with Gasteiger partial charge in [0, 0.05) is 19.1 Å². The van der Waals surface area contributed by atoms with E-state index in [1.165, 1.54) is 18.5 Å². The van der Waals surface area contributed by atoms with Crippen molar-refractivity contribution in [2.75, 3.05) is 20.1 Å². The van der Waals surface area contributed by atoms with E-state index in [0.29, 0.717) is 12.6 Å². The van der Waals surface area contributed by atoms with Crippen LogP contribution in [0.4, 0.5) is 0 Å². The summed E-state index contributed by atoms with van der Waals surface area (Å²) in [5.74, 6) is 1.83. The molecule has 3 unspecified atom stereocenters. The predicted octanol–water partition coefficient (Wildman–Crippen LogP) is 2.34. The van der Waals surface area contributed by atoms with Gasteiger partial charge in [-0.25, -0.2) is 0 Å². The first-order valence-corrected chi connectivity index (χ1v) is 6.59. The number of rotatable bonds is 5. The van der Waals surface area contributed by atoms with E-state index >= 15 is 0 Å². The molecule has 1 aromatic rings. The zero-order valence-corrected chi connectivity index (χ0v) is 10.3. The smallest absolute Gasteiger partial charge is 0.0475 e. The molecule has 0 aliphatic heterocycles. The molecule has 0 radical (unpaired) electrons. The normalized spacial score (nSPS) is 26.9. The van der Waals surface area contributed by atoms with Crippen molar-refractivity contribution in [1.82, 2.24) is 4.90 Å². The van der Waals surface area contributed by atoms with E-state index in [0.717, 1.165) is 11.8 Å². The van der Waals surface area contributed by atoms with E-state index in [2.05, 4.69) is 35.7 Å². The van der Waals surface area contributed by atoms with Crippen molar-refractivity contribution in [2.24, 2.45) is 17.6 Å². The first kappa shape index (κ1) is 11.1. The molecule has 0 saturated heterocycles. The molecule has 1 aliphatic carbocycles. The van der Waals surface area contributed by atoms with Gasteiger partial charge in [-0.3, -0.25) is 4.90 Å². The van der Waals surface area contributed by atoms with Gasteiger partial charge < -0.3 is 5.73 Å². The van der Waals surface area contributed by atoms with Crippen LogP contribution in [-0.2, 0) is 0 Å².